The lowest BCUT2D eigenvalue weighted by Crippen LogP contribution is -2.22. The van der Waals surface area contributed by atoms with Crippen molar-refractivity contribution in [3.8, 4) is 0 Å². The molecule has 2 N–H and O–H groups in total. The molecule has 0 fully saturated rings. The maximum atomic E-state index is 12.0. The van der Waals surface area contributed by atoms with E-state index in [-0.39, 0.29) is 22.9 Å². The molecule has 2 aromatic rings. The Hall–Kier alpha value is -3.20. The fraction of sp³-hybridized carbons (Fsp3) is 0.133. The molecule has 2 rings (SSSR count). The molecular weight excluding hydrogens is 352 g/mol. The van der Waals surface area contributed by atoms with Crippen LogP contribution in [0.4, 0.5) is 22.7 Å². The molecule has 0 radical (unpaired) electrons. The second-order valence-corrected chi connectivity index (χ2v) is 5.49. The van der Waals surface area contributed by atoms with E-state index >= 15 is 0 Å². The first kappa shape index (κ1) is 18.1. The van der Waals surface area contributed by atoms with Gasteiger partial charge in [-0.25, -0.2) is 0 Å². The molecule has 2 aromatic carbocycles. The van der Waals surface area contributed by atoms with Gasteiger partial charge in [0.25, 0.3) is 11.4 Å². The van der Waals surface area contributed by atoms with Crippen molar-refractivity contribution in [2.75, 3.05) is 17.2 Å². The molecule has 10 heteroatoms. The first-order valence-corrected chi connectivity index (χ1v) is 7.38. The topological polar surface area (TPSA) is 127 Å². The Bertz CT molecular complexity index is 856. The van der Waals surface area contributed by atoms with Crippen LogP contribution in [-0.4, -0.2) is 22.3 Å². The van der Waals surface area contributed by atoms with Gasteiger partial charge in [-0.3, -0.25) is 25.0 Å². The molecule has 0 atom stereocenters. The van der Waals surface area contributed by atoms with Crippen LogP contribution in [0.2, 0.25) is 5.02 Å². The molecule has 0 aliphatic carbocycles. The number of amides is 1. The quantitative estimate of drug-likeness (QED) is 0.596. The van der Waals surface area contributed by atoms with Crippen LogP contribution in [0.5, 0.6) is 0 Å². The van der Waals surface area contributed by atoms with Crippen LogP contribution in [0.15, 0.2) is 36.4 Å². The van der Waals surface area contributed by atoms with Crippen LogP contribution in [0.25, 0.3) is 0 Å². The summed E-state index contributed by atoms with van der Waals surface area (Å²) in [5, 5.41) is 26.9. The van der Waals surface area contributed by atoms with Crippen molar-refractivity contribution in [3.63, 3.8) is 0 Å². The highest BCUT2D eigenvalue weighted by Crippen LogP contribution is 2.27. The van der Waals surface area contributed by atoms with Gasteiger partial charge in [0, 0.05) is 23.9 Å². The predicted octanol–water partition coefficient (Wildman–Crippen LogP) is 3.52. The van der Waals surface area contributed by atoms with E-state index in [0.29, 0.717) is 16.9 Å². The van der Waals surface area contributed by atoms with E-state index in [1.165, 1.54) is 36.4 Å². The Morgan fingerprint density at radius 3 is 2.48 bits per heavy atom. The van der Waals surface area contributed by atoms with Crippen molar-refractivity contribution >= 4 is 40.3 Å². The summed E-state index contributed by atoms with van der Waals surface area (Å²) < 4.78 is 0. The van der Waals surface area contributed by atoms with E-state index in [4.69, 9.17) is 11.6 Å². The molecule has 130 valence electrons. The zero-order valence-electron chi connectivity index (χ0n) is 13.0. The summed E-state index contributed by atoms with van der Waals surface area (Å²) in [5.74, 6) is -0.457. The average Bonchev–Trinajstić information content (AvgIpc) is 2.55. The largest absolute Gasteiger partial charge is 0.376 e. The summed E-state index contributed by atoms with van der Waals surface area (Å²) in [7, 11) is 0. The number of anilines is 2. The molecule has 0 unspecified atom stereocenters. The molecule has 0 saturated heterocycles. The van der Waals surface area contributed by atoms with Crippen molar-refractivity contribution in [3.05, 3.63) is 67.2 Å². The fourth-order valence-electron chi connectivity index (χ4n) is 2.00. The normalized spacial score (nSPS) is 10.2. The summed E-state index contributed by atoms with van der Waals surface area (Å²) in [6, 6.07) is 8.21. The molecule has 0 aliphatic heterocycles. The number of rotatable bonds is 6. The van der Waals surface area contributed by atoms with Crippen molar-refractivity contribution in [2.24, 2.45) is 0 Å². The third-order valence-electron chi connectivity index (χ3n) is 3.30. The first-order chi connectivity index (χ1) is 11.8. The lowest BCUT2D eigenvalue weighted by molar-refractivity contribution is -0.384. The van der Waals surface area contributed by atoms with Crippen LogP contribution in [-0.2, 0) is 4.79 Å². The minimum atomic E-state index is -0.625. The summed E-state index contributed by atoms with van der Waals surface area (Å²) in [5.41, 5.74) is 0.926. The van der Waals surface area contributed by atoms with Crippen LogP contribution in [0, 0.1) is 27.2 Å². The summed E-state index contributed by atoms with van der Waals surface area (Å²) >= 11 is 5.72. The molecule has 0 aliphatic rings. The molecule has 0 heterocycles. The van der Waals surface area contributed by atoms with E-state index < -0.39 is 15.8 Å². The Morgan fingerprint density at radius 2 is 1.84 bits per heavy atom. The number of nitrogens with one attached hydrogen (secondary N) is 2. The zero-order valence-corrected chi connectivity index (χ0v) is 13.7. The highest BCUT2D eigenvalue weighted by molar-refractivity contribution is 6.32. The zero-order chi connectivity index (χ0) is 18.6. The van der Waals surface area contributed by atoms with Gasteiger partial charge in [0.1, 0.15) is 5.02 Å². The summed E-state index contributed by atoms with van der Waals surface area (Å²) in [6.45, 7) is 1.52. The maximum absolute atomic E-state index is 12.0. The van der Waals surface area contributed by atoms with Gasteiger partial charge in [0.05, 0.1) is 22.1 Å². The number of carbonyl (C=O) groups is 1. The number of carbonyl (C=O) groups excluding carboxylic acids is 1. The van der Waals surface area contributed by atoms with Gasteiger partial charge >= 0.3 is 0 Å². The third kappa shape index (κ3) is 4.64. The highest BCUT2D eigenvalue weighted by atomic mass is 35.5. The molecule has 0 bridgehead atoms. The van der Waals surface area contributed by atoms with E-state index in [9.17, 15) is 25.0 Å². The predicted molar refractivity (Wildman–Crippen MR) is 93.1 cm³/mol. The van der Waals surface area contributed by atoms with Gasteiger partial charge in [-0.05, 0) is 24.6 Å². The van der Waals surface area contributed by atoms with Gasteiger partial charge in [0.2, 0.25) is 5.91 Å². The van der Waals surface area contributed by atoms with Gasteiger partial charge in [-0.1, -0.05) is 17.7 Å². The van der Waals surface area contributed by atoms with Gasteiger partial charge in [-0.2, -0.15) is 0 Å². The average molecular weight is 365 g/mol. The molecule has 25 heavy (non-hydrogen) atoms. The van der Waals surface area contributed by atoms with Crippen molar-refractivity contribution < 1.29 is 14.6 Å². The molecule has 0 saturated carbocycles. The Morgan fingerprint density at radius 1 is 1.12 bits per heavy atom. The highest BCUT2D eigenvalue weighted by Gasteiger charge is 2.14. The number of benzene rings is 2. The van der Waals surface area contributed by atoms with E-state index in [1.54, 1.807) is 6.92 Å². The lowest BCUT2D eigenvalue weighted by atomic mass is 10.2. The third-order valence-corrected chi connectivity index (χ3v) is 3.62. The number of nitro groups is 2. The molecular formula is C15H13ClN4O5. The summed E-state index contributed by atoms with van der Waals surface area (Å²) in [6.07, 6.45) is 0. The van der Waals surface area contributed by atoms with Crippen LogP contribution in [0.1, 0.15) is 5.56 Å². The number of nitrogens with zero attached hydrogens (tertiary/aromatic N) is 2. The van der Waals surface area contributed by atoms with Crippen molar-refractivity contribution in [1.29, 1.82) is 0 Å². The van der Waals surface area contributed by atoms with E-state index in [0.717, 1.165) is 0 Å². The number of nitro benzene ring substituents is 2. The Kier molecular flexibility index (Phi) is 5.50. The number of hydrogen-bond acceptors (Lipinski definition) is 6. The van der Waals surface area contributed by atoms with Gasteiger partial charge in [-0.15, -0.1) is 0 Å². The molecule has 9 nitrogen and oxygen atoms in total. The number of hydrogen-bond donors (Lipinski definition) is 2. The minimum absolute atomic E-state index is 0.00720. The molecule has 0 aromatic heterocycles. The second-order valence-electron chi connectivity index (χ2n) is 5.08. The van der Waals surface area contributed by atoms with E-state index in [1.807, 2.05) is 0 Å². The SMILES string of the molecule is Cc1ccc([N+](=O)[O-])cc1NC(=O)CNc1ccc(Cl)c([N+](=O)[O-])c1. The second kappa shape index (κ2) is 7.58. The fourth-order valence-corrected chi connectivity index (χ4v) is 2.18. The molecule has 1 amide bonds. The minimum Gasteiger partial charge on any atom is -0.376 e. The van der Waals surface area contributed by atoms with Crippen molar-refractivity contribution in [1.82, 2.24) is 0 Å². The number of aryl methyl sites for hydroxylation is 1. The van der Waals surface area contributed by atoms with Crippen LogP contribution >= 0.6 is 11.6 Å². The monoisotopic (exact) mass is 364 g/mol. The standard InChI is InChI=1S/C15H13ClN4O5/c1-9-2-4-11(19(22)23)7-13(9)18-15(21)8-17-10-3-5-12(16)14(6-10)20(24)25/h2-7,17H,8H2,1H3,(H,18,21). The number of halogens is 1. The van der Waals surface area contributed by atoms with Gasteiger partial charge < -0.3 is 10.6 Å². The van der Waals surface area contributed by atoms with Gasteiger partial charge in [0.15, 0.2) is 0 Å². The van der Waals surface area contributed by atoms with E-state index in [2.05, 4.69) is 10.6 Å². The molecule has 0 spiro atoms. The summed E-state index contributed by atoms with van der Waals surface area (Å²) in [4.78, 5) is 32.4. The lowest BCUT2D eigenvalue weighted by Gasteiger charge is -2.10. The number of non-ortho nitro benzene ring substituents is 1. The van der Waals surface area contributed by atoms with Crippen molar-refractivity contribution in [2.45, 2.75) is 6.92 Å². The Labute approximate surface area is 146 Å². The van der Waals surface area contributed by atoms with Crippen LogP contribution in [0.3, 0.4) is 0 Å². The maximum Gasteiger partial charge on any atom is 0.289 e. The smallest absolute Gasteiger partial charge is 0.289 e. The van der Waals surface area contributed by atoms with Crippen LogP contribution < -0.4 is 10.6 Å². The Balaban J connectivity index is 2.04. The first-order valence-electron chi connectivity index (χ1n) is 7.00.